The normalized spacial score (nSPS) is 10.3. The van der Waals surface area contributed by atoms with Gasteiger partial charge in [-0.2, -0.15) is 0 Å². The van der Waals surface area contributed by atoms with Crippen molar-refractivity contribution in [3.05, 3.63) is 58.1 Å². The van der Waals surface area contributed by atoms with Crippen molar-refractivity contribution in [2.45, 2.75) is 20.8 Å². The SMILES string of the molecule is CC(=O)c1cc(Cl)ccc1OCC(=O)Nc1ccc(C)c(C)c1. The monoisotopic (exact) mass is 331 g/mol. The van der Waals surface area contributed by atoms with Crippen molar-refractivity contribution in [3.8, 4) is 5.75 Å². The third-order valence-electron chi connectivity index (χ3n) is 3.47. The summed E-state index contributed by atoms with van der Waals surface area (Å²) in [5.74, 6) is -0.119. The molecule has 1 amide bonds. The summed E-state index contributed by atoms with van der Waals surface area (Å²) in [5, 5.41) is 3.21. The topological polar surface area (TPSA) is 55.4 Å². The molecule has 2 aromatic carbocycles. The molecule has 2 aromatic rings. The molecule has 23 heavy (non-hydrogen) atoms. The first kappa shape index (κ1) is 17.0. The van der Waals surface area contributed by atoms with Crippen LogP contribution < -0.4 is 10.1 Å². The van der Waals surface area contributed by atoms with Crippen molar-refractivity contribution < 1.29 is 14.3 Å². The van der Waals surface area contributed by atoms with E-state index in [0.717, 1.165) is 11.1 Å². The first-order valence-electron chi connectivity index (χ1n) is 7.17. The highest BCUT2D eigenvalue weighted by Crippen LogP contribution is 2.23. The fraction of sp³-hybridized carbons (Fsp3) is 0.222. The van der Waals surface area contributed by atoms with Crippen LogP contribution in [0.1, 0.15) is 28.4 Å². The Morgan fingerprint density at radius 1 is 1.09 bits per heavy atom. The maximum atomic E-state index is 12.0. The van der Waals surface area contributed by atoms with Crippen molar-refractivity contribution in [2.24, 2.45) is 0 Å². The second kappa shape index (κ2) is 7.29. The van der Waals surface area contributed by atoms with Gasteiger partial charge in [-0.3, -0.25) is 9.59 Å². The van der Waals surface area contributed by atoms with Crippen molar-refractivity contribution in [1.82, 2.24) is 0 Å². The predicted molar refractivity (Wildman–Crippen MR) is 91.5 cm³/mol. The molecule has 0 atom stereocenters. The fourth-order valence-corrected chi connectivity index (χ4v) is 2.23. The van der Waals surface area contributed by atoms with Crippen LogP contribution in [-0.2, 0) is 4.79 Å². The zero-order valence-corrected chi connectivity index (χ0v) is 14.0. The van der Waals surface area contributed by atoms with Gasteiger partial charge in [0.25, 0.3) is 5.91 Å². The lowest BCUT2D eigenvalue weighted by atomic mass is 10.1. The van der Waals surface area contributed by atoms with Gasteiger partial charge in [-0.1, -0.05) is 17.7 Å². The van der Waals surface area contributed by atoms with Crippen LogP contribution in [-0.4, -0.2) is 18.3 Å². The minimum atomic E-state index is -0.294. The number of hydrogen-bond acceptors (Lipinski definition) is 3. The van der Waals surface area contributed by atoms with Crippen LogP contribution in [0.2, 0.25) is 5.02 Å². The van der Waals surface area contributed by atoms with Crippen LogP contribution in [0.25, 0.3) is 0 Å². The number of ketones is 1. The molecule has 0 unspecified atom stereocenters. The summed E-state index contributed by atoms with van der Waals surface area (Å²) in [5.41, 5.74) is 3.33. The molecular weight excluding hydrogens is 314 g/mol. The van der Waals surface area contributed by atoms with E-state index in [2.05, 4.69) is 5.32 Å². The summed E-state index contributed by atoms with van der Waals surface area (Å²) >= 11 is 5.87. The smallest absolute Gasteiger partial charge is 0.262 e. The molecular formula is C18H18ClNO3. The molecule has 0 saturated carbocycles. The predicted octanol–water partition coefficient (Wildman–Crippen LogP) is 4.18. The number of nitrogens with one attached hydrogen (secondary N) is 1. The van der Waals surface area contributed by atoms with Crippen LogP contribution >= 0.6 is 11.6 Å². The summed E-state index contributed by atoms with van der Waals surface area (Å²) in [7, 11) is 0. The van der Waals surface area contributed by atoms with Crippen molar-refractivity contribution in [1.29, 1.82) is 0 Å². The van der Waals surface area contributed by atoms with Gasteiger partial charge in [-0.25, -0.2) is 0 Å². The molecule has 120 valence electrons. The molecule has 0 aliphatic carbocycles. The van der Waals surface area contributed by atoms with Gasteiger partial charge in [-0.15, -0.1) is 0 Å². The number of anilines is 1. The summed E-state index contributed by atoms with van der Waals surface area (Å²) < 4.78 is 5.45. The fourth-order valence-electron chi connectivity index (χ4n) is 2.06. The second-order valence-electron chi connectivity index (χ2n) is 5.33. The number of amides is 1. The highest BCUT2D eigenvalue weighted by Gasteiger charge is 2.11. The highest BCUT2D eigenvalue weighted by atomic mass is 35.5. The van der Waals surface area contributed by atoms with Gasteiger partial charge in [0.15, 0.2) is 12.4 Å². The standard InChI is InChI=1S/C18H18ClNO3/c1-11-4-6-15(8-12(11)2)20-18(22)10-23-17-7-5-14(19)9-16(17)13(3)21/h4-9H,10H2,1-3H3,(H,20,22). The number of rotatable bonds is 5. The van der Waals surface area contributed by atoms with E-state index in [4.69, 9.17) is 16.3 Å². The summed E-state index contributed by atoms with van der Waals surface area (Å²) in [6.07, 6.45) is 0. The van der Waals surface area contributed by atoms with Gasteiger partial charge < -0.3 is 10.1 Å². The number of Topliss-reactive ketones (excluding diaryl/α,β-unsaturated/α-hetero) is 1. The Balaban J connectivity index is 2.02. The number of halogens is 1. The Morgan fingerprint density at radius 2 is 1.83 bits per heavy atom. The molecule has 0 aromatic heterocycles. The molecule has 0 fully saturated rings. The molecule has 0 saturated heterocycles. The maximum Gasteiger partial charge on any atom is 0.262 e. The number of carbonyl (C=O) groups excluding carboxylic acids is 2. The van der Waals surface area contributed by atoms with Crippen molar-refractivity contribution in [2.75, 3.05) is 11.9 Å². The number of hydrogen-bond donors (Lipinski definition) is 1. The van der Waals surface area contributed by atoms with Gasteiger partial charge in [0.2, 0.25) is 0 Å². The summed E-state index contributed by atoms with van der Waals surface area (Å²) in [6.45, 7) is 5.23. The summed E-state index contributed by atoms with van der Waals surface area (Å²) in [4.78, 5) is 23.6. The van der Waals surface area contributed by atoms with Gasteiger partial charge in [0, 0.05) is 10.7 Å². The Labute approximate surface area is 140 Å². The highest BCUT2D eigenvalue weighted by molar-refractivity contribution is 6.31. The van der Waals surface area contributed by atoms with Gasteiger partial charge >= 0.3 is 0 Å². The Hall–Kier alpha value is -2.33. The number of carbonyl (C=O) groups is 2. The Kier molecular flexibility index (Phi) is 5.40. The van der Waals surface area contributed by atoms with Gasteiger partial charge in [0.1, 0.15) is 5.75 Å². The Bertz CT molecular complexity index is 756. The average molecular weight is 332 g/mol. The first-order chi connectivity index (χ1) is 10.9. The van der Waals surface area contributed by atoms with Crippen LogP contribution in [0, 0.1) is 13.8 Å². The molecule has 2 rings (SSSR count). The second-order valence-corrected chi connectivity index (χ2v) is 5.77. The van der Waals surface area contributed by atoms with E-state index < -0.39 is 0 Å². The van der Waals surface area contributed by atoms with E-state index in [-0.39, 0.29) is 18.3 Å². The minimum absolute atomic E-state index is 0.169. The first-order valence-corrected chi connectivity index (χ1v) is 7.55. The van der Waals surface area contributed by atoms with E-state index in [1.807, 2.05) is 32.0 Å². The molecule has 0 spiro atoms. The van der Waals surface area contributed by atoms with Crippen LogP contribution in [0.5, 0.6) is 5.75 Å². The lowest BCUT2D eigenvalue weighted by molar-refractivity contribution is -0.118. The molecule has 5 heteroatoms. The van der Waals surface area contributed by atoms with E-state index in [1.54, 1.807) is 12.1 Å². The molecule has 0 aliphatic rings. The van der Waals surface area contributed by atoms with Gasteiger partial charge in [0.05, 0.1) is 5.56 Å². The van der Waals surface area contributed by atoms with E-state index in [9.17, 15) is 9.59 Å². The van der Waals surface area contributed by atoms with E-state index in [1.165, 1.54) is 13.0 Å². The zero-order valence-electron chi connectivity index (χ0n) is 13.3. The van der Waals surface area contributed by atoms with Crippen molar-refractivity contribution in [3.63, 3.8) is 0 Å². The maximum absolute atomic E-state index is 12.0. The van der Waals surface area contributed by atoms with Crippen LogP contribution in [0.15, 0.2) is 36.4 Å². The molecule has 4 nitrogen and oxygen atoms in total. The van der Waals surface area contributed by atoms with Crippen LogP contribution in [0.3, 0.4) is 0 Å². The number of benzene rings is 2. The average Bonchev–Trinajstić information content (AvgIpc) is 2.49. The number of aryl methyl sites for hydroxylation is 2. The third kappa shape index (κ3) is 4.57. The zero-order chi connectivity index (χ0) is 17.0. The minimum Gasteiger partial charge on any atom is -0.483 e. The van der Waals surface area contributed by atoms with E-state index in [0.29, 0.717) is 22.0 Å². The lowest BCUT2D eigenvalue weighted by Crippen LogP contribution is -2.20. The molecule has 0 bridgehead atoms. The summed E-state index contributed by atoms with van der Waals surface area (Å²) in [6, 6.07) is 10.4. The third-order valence-corrected chi connectivity index (χ3v) is 3.71. The molecule has 0 aliphatic heterocycles. The van der Waals surface area contributed by atoms with Crippen LogP contribution in [0.4, 0.5) is 5.69 Å². The largest absolute Gasteiger partial charge is 0.483 e. The molecule has 0 radical (unpaired) electrons. The molecule has 0 heterocycles. The number of ether oxygens (including phenoxy) is 1. The lowest BCUT2D eigenvalue weighted by Gasteiger charge is -2.11. The van der Waals surface area contributed by atoms with E-state index >= 15 is 0 Å². The Morgan fingerprint density at radius 3 is 2.48 bits per heavy atom. The quantitative estimate of drug-likeness (QED) is 0.836. The van der Waals surface area contributed by atoms with Crippen molar-refractivity contribution >= 4 is 29.0 Å². The van der Waals surface area contributed by atoms with Gasteiger partial charge in [-0.05, 0) is 62.2 Å². The molecule has 1 N–H and O–H groups in total.